The fraction of sp³-hybridized carbons (Fsp3) is 0.467. The summed E-state index contributed by atoms with van der Waals surface area (Å²) in [5.41, 5.74) is 0.913. The van der Waals surface area contributed by atoms with Gasteiger partial charge in [-0.05, 0) is 37.5 Å². The summed E-state index contributed by atoms with van der Waals surface area (Å²) >= 11 is 0. The minimum Gasteiger partial charge on any atom is -0.357 e. The van der Waals surface area contributed by atoms with Gasteiger partial charge in [0.15, 0.2) is 5.96 Å². The van der Waals surface area contributed by atoms with Crippen LogP contribution in [0, 0.1) is 5.82 Å². The second-order valence-electron chi connectivity index (χ2n) is 5.02. The van der Waals surface area contributed by atoms with Crippen molar-refractivity contribution in [2.75, 3.05) is 13.1 Å². The first kappa shape index (κ1) is 18.7. The molecule has 1 aliphatic rings. The van der Waals surface area contributed by atoms with Crippen LogP contribution in [0.1, 0.15) is 25.3 Å². The molecule has 0 saturated heterocycles. The first-order chi connectivity index (χ1) is 10.2. The summed E-state index contributed by atoms with van der Waals surface area (Å²) in [5.74, 6) is 0.294. The van der Waals surface area contributed by atoms with Gasteiger partial charge in [-0.3, -0.25) is 4.79 Å². The van der Waals surface area contributed by atoms with E-state index in [4.69, 9.17) is 0 Å². The number of benzene rings is 1. The molecule has 7 heteroatoms. The highest BCUT2D eigenvalue weighted by atomic mass is 127. The second-order valence-corrected chi connectivity index (χ2v) is 5.02. The average Bonchev–Trinajstić information content (AvgIpc) is 3.27. The summed E-state index contributed by atoms with van der Waals surface area (Å²) in [6, 6.07) is 6.57. The van der Waals surface area contributed by atoms with Gasteiger partial charge in [0, 0.05) is 12.6 Å². The Morgan fingerprint density at radius 3 is 2.55 bits per heavy atom. The molecular formula is C15H22FIN4O. The van der Waals surface area contributed by atoms with Gasteiger partial charge in [0.25, 0.3) is 0 Å². The van der Waals surface area contributed by atoms with Gasteiger partial charge in [0.05, 0.1) is 13.1 Å². The van der Waals surface area contributed by atoms with E-state index in [2.05, 4.69) is 20.9 Å². The maximum absolute atomic E-state index is 12.8. The van der Waals surface area contributed by atoms with Gasteiger partial charge in [-0.2, -0.15) is 0 Å². The van der Waals surface area contributed by atoms with Gasteiger partial charge >= 0.3 is 0 Å². The third-order valence-electron chi connectivity index (χ3n) is 3.04. The van der Waals surface area contributed by atoms with Crippen LogP contribution in [0.25, 0.3) is 0 Å². The van der Waals surface area contributed by atoms with Crippen molar-refractivity contribution in [2.45, 2.75) is 32.4 Å². The minimum atomic E-state index is -0.260. The highest BCUT2D eigenvalue weighted by molar-refractivity contribution is 14.0. The molecule has 0 aromatic heterocycles. The van der Waals surface area contributed by atoms with E-state index in [0.29, 0.717) is 25.1 Å². The van der Waals surface area contributed by atoms with Crippen molar-refractivity contribution in [3.8, 4) is 0 Å². The smallest absolute Gasteiger partial charge is 0.239 e. The summed E-state index contributed by atoms with van der Waals surface area (Å²) < 4.78 is 12.8. The number of aliphatic imine (C=N–C) groups is 1. The number of halogens is 2. The van der Waals surface area contributed by atoms with Crippen molar-refractivity contribution in [2.24, 2.45) is 4.99 Å². The zero-order valence-corrected chi connectivity index (χ0v) is 14.9. The quantitative estimate of drug-likeness (QED) is 0.374. The normalized spacial score (nSPS) is 14.0. The van der Waals surface area contributed by atoms with Crippen LogP contribution in [-0.4, -0.2) is 31.0 Å². The number of carbonyl (C=O) groups is 1. The highest BCUT2D eigenvalue weighted by Gasteiger charge is 2.22. The summed E-state index contributed by atoms with van der Waals surface area (Å²) in [5, 5.41) is 8.97. The van der Waals surface area contributed by atoms with E-state index in [0.717, 1.165) is 18.4 Å². The number of guanidine groups is 1. The van der Waals surface area contributed by atoms with Crippen molar-refractivity contribution in [3.05, 3.63) is 35.6 Å². The molecule has 0 atom stereocenters. The highest BCUT2D eigenvalue weighted by Crippen LogP contribution is 2.18. The molecule has 0 spiro atoms. The number of amides is 1. The Morgan fingerprint density at radius 1 is 1.27 bits per heavy atom. The predicted molar refractivity (Wildman–Crippen MR) is 95.8 cm³/mol. The Labute approximate surface area is 147 Å². The molecule has 1 fully saturated rings. The Hall–Kier alpha value is -1.38. The molecule has 0 radical (unpaired) electrons. The van der Waals surface area contributed by atoms with Crippen molar-refractivity contribution in [1.29, 1.82) is 0 Å². The molecule has 1 saturated carbocycles. The maximum atomic E-state index is 12.8. The van der Waals surface area contributed by atoms with Crippen molar-refractivity contribution < 1.29 is 9.18 Å². The molecule has 2 rings (SSSR count). The third kappa shape index (κ3) is 7.06. The summed E-state index contributed by atoms with van der Waals surface area (Å²) in [7, 11) is 0. The topological polar surface area (TPSA) is 65.5 Å². The zero-order valence-electron chi connectivity index (χ0n) is 12.6. The number of rotatable bonds is 6. The van der Waals surface area contributed by atoms with Crippen LogP contribution >= 0.6 is 24.0 Å². The molecule has 0 unspecified atom stereocenters. The van der Waals surface area contributed by atoms with E-state index in [1.54, 1.807) is 12.1 Å². The summed E-state index contributed by atoms with van der Waals surface area (Å²) in [4.78, 5) is 16.0. The van der Waals surface area contributed by atoms with Crippen LogP contribution in [-0.2, 0) is 11.3 Å². The van der Waals surface area contributed by atoms with E-state index in [9.17, 15) is 9.18 Å². The van der Waals surface area contributed by atoms with Crippen molar-refractivity contribution >= 4 is 35.8 Å². The van der Waals surface area contributed by atoms with Crippen LogP contribution in [0.2, 0.25) is 0 Å². The van der Waals surface area contributed by atoms with Gasteiger partial charge in [-0.25, -0.2) is 9.38 Å². The van der Waals surface area contributed by atoms with Crippen LogP contribution in [0.15, 0.2) is 29.3 Å². The molecule has 3 N–H and O–H groups in total. The molecule has 5 nitrogen and oxygen atoms in total. The molecule has 0 bridgehead atoms. The fourth-order valence-corrected chi connectivity index (χ4v) is 1.77. The number of carbonyl (C=O) groups excluding carboxylic acids is 1. The Balaban J connectivity index is 0.00000242. The standard InChI is InChI=1S/C15H21FN4O.HI/c1-2-17-15(19-10-14(21)20-13-7-8-13)18-9-11-3-5-12(16)6-4-11;/h3-6,13H,2,7-10H2,1H3,(H,20,21)(H2,17,18,19);1H. The summed E-state index contributed by atoms with van der Waals surface area (Å²) in [6.45, 7) is 3.30. The molecule has 1 aromatic carbocycles. The average molecular weight is 420 g/mol. The lowest BCUT2D eigenvalue weighted by Gasteiger charge is -2.11. The molecule has 122 valence electrons. The van der Waals surface area contributed by atoms with Gasteiger partial charge < -0.3 is 16.0 Å². The Kier molecular flexibility index (Phi) is 8.15. The van der Waals surface area contributed by atoms with E-state index >= 15 is 0 Å². The zero-order chi connectivity index (χ0) is 15.1. The van der Waals surface area contributed by atoms with Crippen molar-refractivity contribution in [1.82, 2.24) is 16.0 Å². The van der Waals surface area contributed by atoms with E-state index in [-0.39, 0.29) is 42.2 Å². The lowest BCUT2D eigenvalue weighted by atomic mass is 10.2. The van der Waals surface area contributed by atoms with Crippen LogP contribution in [0.4, 0.5) is 4.39 Å². The van der Waals surface area contributed by atoms with Crippen LogP contribution in [0.3, 0.4) is 0 Å². The van der Waals surface area contributed by atoms with Gasteiger partial charge in [0.1, 0.15) is 5.82 Å². The van der Waals surface area contributed by atoms with E-state index in [1.807, 2.05) is 6.92 Å². The van der Waals surface area contributed by atoms with Crippen LogP contribution < -0.4 is 16.0 Å². The maximum Gasteiger partial charge on any atom is 0.239 e. The lowest BCUT2D eigenvalue weighted by molar-refractivity contribution is -0.120. The fourth-order valence-electron chi connectivity index (χ4n) is 1.77. The van der Waals surface area contributed by atoms with E-state index in [1.165, 1.54) is 12.1 Å². The molecule has 1 aromatic rings. The molecule has 22 heavy (non-hydrogen) atoms. The molecule has 1 aliphatic carbocycles. The van der Waals surface area contributed by atoms with Gasteiger partial charge in [-0.15, -0.1) is 24.0 Å². The second kappa shape index (κ2) is 9.60. The third-order valence-corrected chi connectivity index (χ3v) is 3.04. The Morgan fingerprint density at radius 2 is 1.95 bits per heavy atom. The molecule has 0 aliphatic heterocycles. The largest absolute Gasteiger partial charge is 0.357 e. The predicted octanol–water partition coefficient (Wildman–Crippen LogP) is 1.78. The first-order valence-electron chi connectivity index (χ1n) is 7.23. The number of nitrogens with one attached hydrogen (secondary N) is 3. The Bertz CT molecular complexity index is 503. The van der Waals surface area contributed by atoms with Gasteiger partial charge in [0.2, 0.25) is 5.91 Å². The lowest BCUT2D eigenvalue weighted by Crippen LogP contribution is -2.43. The molecular weight excluding hydrogens is 398 g/mol. The SMILES string of the molecule is CCNC(=NCc1ccc(F)cc1)NCC(=O)NC1CC1.I. The van der Waals surface area contributed by atoms with Crippen LogP contribution in [0.5, 0.6) is 0 Å². The number of hydrogen-bond donors (Lipinski definition) is 3. The van der Waals surface area contributed by atoms with E-state index < -0.39 is 0 Å². The number of hydrogen-bond acceptors (Lipinski definition) is 2. The number of nitrogens with zero attached hydrogens (tertiary/aromatic N) is 1. The first-order valence-corrected chi connectivity index (χ1v) is 7.23. The van der Waals surface area contributed by atoms with Gasteiger partial charge in [-0.1, -0.05) is 12.1 Å². The minimum absolute atomic E-state index is 0. The molecule has 1 amide bonds. The summed E-state index contributed by atoms with van der Waals surface area (Å²) in [6.07, 6.45) is 2.15. The van der Waals surface area contributed by atoms with Crippen molar-refractivity contribution in [3.63, 3.8) is 0 Å². The monoisotopic (exact) mass is 420 g/mol. The molecule has 0 heterocycles.